The zero-order chi connectivity index (χ0) is 13.0. The van der Waals surface area contributed by atoms with Crippen molar-refractivity contribution in [3.8, 4) is 0 Å². The van der Waals surface area contributed by atoms with Crippen LogP contribution in [0.3, 0.4) is 0 Å². The first-order valence-corrected chi connectivity index (χ1v) is 7.76. The Balaban J connectivity index is 1.94. The third-order valence-electron chi connectivity index (χ3n) is 2.89. The molecule has 0 saturated carbocycles. The second-order valence-electron chi connectivity index (χ2n) is 4.29. The minimum atomic E-state index is -0.0302. The smallest absolute Gasteiger partial charge is 0.235 e. The lowest BCUT2D eigenvalue weighted by atomic mass is 10.3. The summed E-state index contributed by atoms with van der Waals surface area (Å²) in [7, 11) is 0. The molecule has 1 N–H and O–H groups in total. The Hall–Kier alpha value is -0.520. The molecule has 1 aliphatic rings. The van der Waals surface area contributed by atoms with Crippen molar-refractivity contribution in [2.45, 2.75) is 17.1 Å². The van der Waals surface area contributed by atoms with Crippen molar-refractivity contribution in [2.24, 2.45) is 0 Å². The summed E-state index contributed by atoms with van der Waals surface area (Å²) < 4.78 is 1.05. The van der Waals surface area contributed by atoms with Crippen LogP contribution < -0.4 is 5.32 Å². The Kier molecular flexibility index (Phi) is 5.09. The van der Waals surface area contributed by atoms with Gasteiger partial charge in [-0.15, -0.1) is 11.8 Å². The summed E-state index contributed by atoms with van der Waals surface area (Å²) in [5.41, 5.74) is 0. The Labute approximate surface area is 120 Å². The van der Waals surface area contributed by atoms with E-state index in [2.05, 4.69) is 21.2 Å². The Bertz CT molecular complexity index is 421. The number of benzene rings is 1. The first-order chi connectivity index (χ1) is 8.66. The monoisotopic (exact) mass is 328 g/mol. The first-order valence-electron chi connectivity index (χ1n) is 6.08. The van der Waals surface area contributed by atoms with Crippen LogP contribution in [0.4, 0.5) is 0 Å². The number of hydrogen-bond acceptors (Lipinski definition) is 3. The minimum Gasteiger partial charge on any atom is -0.339 e. The van der Waals surface area contributed by atoms with E-state index in [0.717, 1.165) is 35.5 Å². The van der Waals surface area contributed by atoms with Crippen LogP contribution in [0.2, 0.25) is 0 Å². The van der Waals surface area contributed by atoms with Gasteiger partial charge in [0.15, 0.2) is 0 Å². The van der Waals surface area contributed by atoms with Crippen LogP contribution in [0, 0.1) is 0 Å². The van der Waals surface area contributed by atoms with Crippen molar-refractivity contribution in [1.82, 2.24) is 10.2 Å². The molecule has 1 aliphatic heterocycles. The number of carbonyl (C=O) groups excluding carboxylic acids is 1. The average molecular weight is 329 g/mol. The molecule has 0 radical (unpaired) electrons. The maximum absolute atomic E-state index is 12.3. The molecule has 0 bridgehead atoms. The summed E-state index contributed by atoms with van der Waals surface area (Å²) in [6.07, 6.45) is 0. The largest absolute Gasteiger partial charge is 0.339 e. The molecule has 1 fully saturated rings. The standard InChI is InChI=1S/C13H17BrN2OS/c1-10(13(17)16-7-5-15-6-8-16)18-12-4-2-3-11(14)9-12/h2-4,9-10,15H,5-8H2,1H3. The zero-order valence-electron chi connectivity index (χ0n) is 10.4. The van der Waals surface area contributed by atoms with Crippen molar-refractivity contribution in [2.75, 3.05) is 26.2 Å². The number of nitrogens with one attached hydrogen (secondary N) is 1. The summed E-state index contributed by atoms with van der Waals surface area (Å²) in [5, 5.41) is 3.23. The molecule has 1 atom stereocenters. The Morgan fingerprint density at radius 1 is 1.44 bits per heavy atom. The molecule has 0 spiro atoms. The summed E-state index contributed by atoms with van der Waals surface area (Å²) >= 11 is 5.07. The van der Waals surface area contributed by atoms with Gasteiger partial charge in [0.1, 0.15) is 0 Å². The number of nitrogens with zero attached hydrogens (tertiary/aromatic N) is 1. The topological polar surface area (TPSA) is 32.3 Å². The maximum Gasteiger partial charge on any atom is 0.235 e. The Morgan fingerprint density at radius 3 is 2.83 bits per heavy atom. The molecule has 1 amide bonds. The summed E-state index contributed by atoms with van der Waals surface area (Å²) in [6, 6.07) is 8.07. The second-order valence-corrected chi connectivity index (χ2v) is 6.62. The zero-order valence-corrected chi connectivity index (χ0v) is 12.8. The fraction of sp³-hybridized carbons (Fsp3) is 0.462. The van der Waals surface area contributed by atoms with Gasteiger partial charge in [-0.05, 0) is 25.1 Å². The van der Waals surface area contributed by atoms with Gasteiger partial charge >= 0.3 is 0 Å². The minimum absolute atomic E-state index is 0.0302. The molecule has 18 heavy (non-hydrogen) atoms. The summed E-state index contributed by atoms with van der Waals surface area (Å²) in [6.45, 7) is 5.43. The van der Waals surface area contributed by atoms with Crippen LogP contribution in [-0.2, 0) is 4.79 Å². The lowest BCUT2D eigenvalue weighted by molar-refractivity contribution is -0.130. The predicted octanol–water partition coefficient (Wildman–Crippen LogP) is 2.36. The maximum atomic E-state index is 12.3. The molecular formula is C13H17BrN2OS. The van der Waals surface area contributed by atoms with Crippen LogP contribution in [-0.4, -0.2) is 42.2 Å². The predicted molar refractivity (Wildman–Crippen MR) is 78.9 cm³/mol. The van der Waals surface area contributed by atoms with Gasteiger partial charge in [0.2, 0.25) is 5.91 Å². The quantitative estimate of drug-likeness (QED) is 0.864. The van der Waals surface area contributed by atoms with Gasteiger partial charge in [-0.1, -0.05) is 22.0 Å². The number of hydrogen-bond donors (Lipinski definition) is 1. The molecule has 1 aromatic carbocycles. The van der Waals surface area contributed by atoms with Crippen LogP contribution in [0.1, 0.15) is 6.92 Å². The van der Waals surface area contributed by atoms with E-state index >= 15 is 0 Å². The van der Waals surface area contributed by atoms with E-state index in [-0.39, 0.29) is 11.2 Å². The highest BCUT2D eigenvalue weighted by atomic mass is 79.9. The first kappa shape index (κ1) is 13.9. The third kappa shape index (κ3) is 3.73. The highest BCUT2D eigenvalue weighted by Gasteiger charge is 2.22. The van der Waals surface area contributed by atoms with E-state index in [9.17, 15) is 4.79 Å². The van der Waals surface area contributed by atoms with E-state index < -0.39 is 0 Å². The molecule has 0 aliphatic carbocycles. The Morgan fingerprint density at radius 2 is 2.17 bits per heavy atom. The van der Waals surface area contributed by atoms with E-state index in [1.807, 2.05) is 36.1 Å². The molecule has 5 heteroatoms. The summed E-state index contributed by atoms with van der Waals surface area (Å²) in [5.74, 6) is 0.237. The van der Waals surface area contributed by atoms with E-state index in [1.165, 1.54) is 0 Å². The number of rotatable bonds is 3. The SMILES string of the molecule is CC(Sc1cccc(Br)c1)C(=O)N1CCNCC1. The van der Waals surface area contributed by atoms with Gasteiger partial charge in [-0.3, -0.25) is 4.79 Å². The molecule has 0 aromatic heterocycles. The van der Waals surface area contributed by atoms with Gasteiger partial charge < -0.3 is 10.2 Å². The molecule has 1 heterocycles. The van der Waals surface area contributed by atoms with Gasteiger partial charge in [-0.25, -0.2) is 0 Å². The molecule has 2 rings (SSSR count). The van der Waals surface area contributed by atoms with Crippen molar-refractivity contribution in [1.29, 1.82) is 0 Å². The summed E-state index contributed by atoms with van der Waals surface area (Å²) in [4.78, 5) is 15.3. The van der Waals surface area contributed by atoms with Gasteiger partial charge in [-0.2, -0.15) is 0 Å². The number of carbonyl (C=O) groups is 1. The third-order valence-corrected chi connectivity index (χ3v) is 4.46. The number of piperazine rings is 1. The van der Waals surface area contributed by atoms with Gasteiger partial charge in [0.25, 0.3) is 0 Å². The number of halogens is 1. The lowest BCUT2D eigenvalue weighted by Crippen LogP contribution is -2.48. The van der Waals surface area contributed by atoms with Crippen LogP contribution in [0.25, 0.3) is 0 Å². The van der Waals surface area contributed by atoms with Crippen molar-refractivity contribution in [3.05, 3.63) is 28.7 Å². The van der Waals surface area contributed by atoms with Crippen LogP contribution in [0.5, 0.6) is 0 Å². The normalized spacial score (nSPS) is 17.6. The van der Waals surface area contributed by atoms with E-state index in [0.29, 0.717) is 0 Å². The van der Waals surface area contributed by atoms with Crippen LogP contribution in [0.15, 0.2) is 33.6 Å². The van der Waals surface area contributed by atoms with E-state index in [1.54, 1.807) is 11.8 Å². The molecular weight excluding hydrogens is 312 g/mol. The van der Waals surface area contributed by atoms with Crippen LogP contribution >= 0.6 is 27.7 Å². The highest BCUT2D eigenvalue weighted by Crippen LogP contribution is 2.26. The number of thioether (sulfide) groups is 1. The van der Waals surface area contributed by atoms with Gasteiger partial charge in [0, 0.05) is 35.5 Å². The van der Waals surface area contributed by atoms with Gasteiger partial charge in [0.05, 0.1) is 5.25 Å². The highest BCUT2D eigenvalue weighted by molar-refractivity contribution is 9.10. The molecule has 98 valence electrons. The van der Waals surface area contributed by atoms with Crippen molar-refractivity contribution in [3.63, 3.8) is 0 Å². The molecule has 1 aromatic rings. The van der Waals surface area contributed by atoms with Crippen molar-refractivity contribution >= 4 is 33.6 Å². The average Bonchev–Trinajstić information content (AvgIpc) is 2.39. The second kappa shape index (κ2) is 6.59. The molecule has 1 saturated heterocycles. The fourth-order valence-electron chi connectivity index (χ4n) is 1.94. The lowest BCUT2D eigenvalue weighted by Gasteiger charge is -2.29. The fourth-order valence-corrected chi connectivity index (χ4v) is 3.50. The number of amides is 1. The van der Waals surface area contributed by atoms with E-state index in [4.69, 9.17) is 0 Å². The molecule has 3 nitrogen and oxygen atoms in total. The van der Waals surface area contributed by atoms with Crippen molar-refractivity contribution < 1.29 is 4.79 Å². The molecule has 1 unspecified atom stereocenters.